The number of carboxylic acid groups (broad SMARTS) is 1. The van der Waals surface area contributed by atoms with Crippen molar-refractivity contribution in [1.82, 2.24) is 0 Å². The first-order chi connectivity index (χ1) is 7.00. The number of nitrogens with two attached hydrogens (primary N) is 3. The summed E-state index contributed by atoms with van der Waals surface area (Å²) in [6.07, 6.45) is 0.518. The topological polar surface area (TPSA) is 115 Å². The van der Waals surface area contributed by atoms with Crippen LogP contribution >= 0.6 is 0 Å². The van der Waals surface area contributed by atoms with Crippen molar-refractivity contribution in [2.75, 3.05) is 5.73 Å². The molecule has 5 nitrogen and oxygen atoms in total. The van der Waals surface area contributed by atoms with Crippen molar-refractivity contribution >= 4 is 17.5 Å². The second-order valence-electron chi connectivity index (χ2n) is 3.27. The first-order valence-electron chi connectivity index (χ1n) is 4.49. The van der Waals surface area contributed by atoms with Gasteiger partial charge in [0.25, 0.3) is 5.84 Å². The van der Waals surface area contributed by atoms with Crippen molar-refractivity contribution < 1.29 is 15.3 Å². The number of carbonyl (C=O) groups is 1. The van der Waals surface area contributed by atoms with Crippen LogP contribution in [-0.4, -0.2) is 16.9 Å². The zero-order chi connectivity index (χ0) is 11.4. The molecule has 0 atom stereocenters. The maximum Gasteiger partial charge on any atom is 0.303 e. The van der Waals surface area contributed by atoms with Crippen LogP contribution in [0.25, 0.3) is 0 Å². The van der Waals surface area contributed by atoms with Crippen molar-refractivity contribution in [3.8, 4) is 0 Å². The highest BCUT2D eigenvalue weighted by atomic mass is 16.4. The van der Waals surface area contributed by atoms with E-state index in [4.69, 9.17) is 22.0 Å². The molecule has 7 N–H and O–H groups in total. The third-order valence-electron chi connectivity index (χ3n) is 2.06. The molecular formula is C10H14N3O2+. The van der Waals surface area contributed by atoms with E-state index in [9.17, 15) is 4.79 Å². The van der Waals surface area contributed by atoms with Crippen LogP contribution < -0.4 is 16.9 Å². The quantitative estimate of drug-likeness (QED) is 0.281. The van der Waals surface area contributed by atoms with Crippen molar-refractivity contribution in [2.45, 2.75) is 12.8 Å². The van der Waals surface area contributed by atoms with Gasteiger partial charge in [0.15, 0.2) is 0 Å². The highest BCUT2D eigenvalue weighted by Gasteiger charge is 2.08. The fourth-order valence-corrected chi connectivity index (χ4v) is 1.26. The fourth-order valence-electron chi connectivity index (χ4n) is 1.26. The lowest BCUT2D eigenvalue weighted by atomic mass is 10.0. The molecule has 0 bridgehead atoms. The Morgan fingerprint density at radius 3 is 2.67 bits per heavy atom. The molecule has 15 heavy (non-hydrogen) atoms. The lowest BCUT2D eigenvalue weighted by Crippen LogP contribution is -2.46. The van der Waals surface area contributed by atoms with Crippen LogP contribution in [0.5, 0.6) is 0 Å². The molecule has 0 aliphatic heterocycles. The van der Waals surface area contributed by atoms with Gasteiger partial charge in [0.05, 0.1) is 5.56 Å². The number of rotatable bonds is 4. The molecule has 0 spiro atoms. The number of hydrogen-bond donors (Lipinski definition) is 4. The van der Waals surface area contributed by atoms with Crippen LogP contribution in [0.2, 0.25) is 0 Å². The van der Waals surface area contributed by atoms with Crippen LogP contribution in [0, 0.1) is 0 Å². The standard InChI is InChI=1S/C10H13N3O2/c11-8-3-1-6(2-4-9(14)15)5-7(8)10(12)13/h1,3,5H,2,4,11H2,(H3,12,13)(H,14,15)/p+1. The largest absolute Gasteiger partial charge is 0.481 e. The first-order valence-corrected chi connectivity index (χ1v) is 4.49. The zero-order valence-electron chi connectivity index (χ0n) is 8.23. The Morgan fingerprint density at radius 1 is 1.47 bits per heavy atom. The maximum absolute atomic E-state index is 10.4. The van der Waals surface area contributed by atoms with Gasteiger partial charge < -0.3 is 10.8 Å². The molecule has 0 aliphatic carbocycles. The molecule has 5 heteroatoms. The summed E-state index contributed by atoms with van der Waals surface area (Å²) >= 11 is 0. The summed E-state index contributed by atoms with van der Waals surface area (Å²) in [5, 5.41) is 14.0. The van der Waals surface area contributed by atoms with Gasteiger partial charge in [-0.05, 0) is 24.1 Å². The van der Waals surface area contributed by atoms with Crippen molar-refractivity contribution in [3.05, 3.63) is 29.3 Å². The first kappa shape index (κ1) is 11.0. The molecule has 1 aromatic carbocycles. The highest BCUT2D eigenvalue weighted by molar-refractivity contribution is 5.97. The van der Waals surface area contributed by atoms with Gasteiger partial charge in [-0.25, -0.2) is 0 Å². The van der Waals surface area contributed by atoms with Crippen LogP contribution in [0.1, 0.15) is 17.5 Å². The molecule has 0 unspecified atom stereocenters. The lowest BCUT2D eigenvalue weighted by molar-refractivity contribution is -0.137. The van der Waals surface area contributed by atoms with E-state index in [-0.39, 0.29) is 12.3 Å². The second kappa shape index (κ2) is 4.45. The monoisotopic (exact) mass is 208 g/mol. The van der Waals surface area contributed by atoms with Crippen molar-refractivity contribution in [1.29, 1.82) is 0 Å². The molecule has 0 saturated carbocycles. The smallest absolute Gasteiger partial charge is 0.303 e. The third-order valence-corrected chi connectivity index (χ3v) is 2.06. The Bertz CT molecular complexity index is 402. The van der Waals surface area contributed by atoms with E-state index < -0.39 is 5.97 Å². The average molecular weight is 208 g/mol. The van der Waals surface area contributed by atoms with Crippen LogP contribution in [-0.2, 0) is 11.2 Å². The molecular weight excluding hydrogens is 194 g/mol. The van der Waals surface area contributed by atoms with E-state index in [1.807, 2.05) is 0 Å². The van der Waals surface area contributed by atoms with Crippen molar-refractivity contribution in [2.24, 2.45) is 5.73 Å². The predicted molar refractivity (Wildman–Crippen MR) is 57.0 cm³/mol. The minimum atomic E-state index is -0.835. The number of nitrogen functional groups attached to an aromatic ring is 1. The number of carboxylic acids is 1. The molecule has 80 valence electrons. The molecule has 0 aromatic heterocycles. The Labute approximate surface area is 87.2 Å². The van der Waals surface area contributed by atoms with E-state index in [1.54, 1.807) is 18.2 Å². The highest BCUT2D eigenvalue weighted by Crippen LogP contribution is 2.14. The summed E-state index contributed by atoms with van der Waals surface area (Å²) in [6, 6.07) is 5.16. The average Bonchev–Trinajstić information content (AvgIpc) is 2.16. The van der Waals surface area contributed by atoms with Gasteiger partial charge in [-0.1, -0.05) is 6.07 Å². The fraction of sp³-hybridized carbons (Fsp3) is 0.200. The van der Waals surface area contributed by atoms with Crippen LogP contribution in [0.4, 0.5) is 5.69 Å². The number of benzene rings is 1. The minimum absolute atomic E-state index is 0.0772. The Balaban J connectivity index is 2.87. The maximum atomic E-state index is 10.4. The van der Waals surface area contributed by atoms with E-state index in [0.29, 0.717) is 17.7 Å². The van der Waals surface area contributed by atoms with E-state index in [1.165, 1.54) is 0 Å². The zero-order valence-corrected chi connectivity index (χ0v) is 8.23. The van der Waals surface area contributed by atoms with Gasteiger partial charge in [-0.3, -0.25) is 15.9 Å². The number of aliphatic carboxylic acids is 1. The van der Waals surface area contributed by atoms with E-state index in [2.05, 4.69) is 0 Å². The molecule has 0 saturated heterocycles. The Morgan fingerprint density at radius 2 is 2.13 bits per heavy atom. The summed E-state index contributed by atoms with van der Waals surface area (Å²) in [6.45, 7) is 0. The molecule has 0 heterocycles. The molecule has 1 rings (SSSR count). The molecule has 0 amide bonds. The summed E-state index contributed by atoms with van der Waals surface area (Å²) in [5.41, 5.74) is 13.0. The van der Waals surface area contributed by atoms with Crippen LogP contribution in [0.3, 0.4) is 0 Å². The SMILES string of the molecule is NC(=[NH2+])c1cc(CCC(=O)O)ccc1N. The minimum Gasteiger partial charge on any atom is -0.481 e. The number of anilines is 1. The summed E-state index contributed by atoms with van der Waals surface area (Å²) in [7, 11) is 0. The van der Waals surface area contributed by atoms with E-state index in [0.717, 1.165) is 5.56 Å². The lowest BCUT2D eigenvalue weighted by Gasteiger charge is -2.03. The number of amidine groups is 1. The number of aryl methyl sites for hydroxylation is 1. The second-order valence-corrected chi connectivity index (χ2v) is 3.27. The Hall–Kier alpha value is -2.04. The summed E-state index contributed by atoms with van der Waals surface area (Å²) in [5.74, 6) is -0.692. The van der Waals surface area contributed by atoms with Crippen LogP contribution in [0.15, 0.2) is 18.2 Å². The number of hydrogen-bond acceptors (Lipinski definition) is 2. The molecule has 0 aliphatic rings. The molecule has 1 aromatic rings. The third kappa shape index (κ3) is 2.98. The van der Waals surface area contributed by atoms with Gasteiger partial charge in [0, 0.05) is 12.1 Å². The normalized spacial score (nSPS) is 9.87. The van der Waals surface area contributed by atoms with Gasteiger partial charge in [-0.15, -0.1) is 0 Å². The summed E-state index contributed by atoms with van der Waals surface area (Å²) < 4.78 is 0. The molecule has 0 radical (unpaired) electrons. The summed E-state index contributed by atoms with van der Waals surface area (Å²) in [4.78, 5) is 10.4. The van der Waals surface area contributed by atoms with E-state index >= 15 is 0 Å². The van der Waals surface area contributed by atoms with Gasteiger partial charge in [0.1, 0.15) is 0 Å². The van der Waals surface area contributed by atoms with Crippen molar-refractivity contribution in [3.63, 3.8) is 0 Å². The molecule has 0 fully saturated rings. The predicted octanol–water partition coefficient (Wildman–Crippen LogP) is -1.25. The Kier molecular flexibility index (Phi) is 3.28. The van der Waals surface area contributed by atoms with Gasteiger partial charge in [0.2, 0.25) is 0 Å². The van der Waals surface area contributed by atoms with Gasteiger partial charge in [-0.2, -0.15) is 0 Å². The van der Waals surface area contributed by atoms with Gasteiger partial charge >= 0.3 is 5.97 Å².